The first kappa shape index (κ1) is 13.2. The molecule has 1 saturated heterocycles. The van der Waals surface area contributed by atoms with Gasteiger partial charge in [0.05, 0.1) is 16.3 Å². The Hall–Kier alpha value is -1.26. The van der Waals surface area contributed by atoms with Crippen molar-refractivity contribution >= 4 is 23.2 Å². The van der Waals surface area contributed by atoms with E-state index in [1.54, 1.807) is 18.2 Å². The molecule has 1 amide bonds. The van der Waals surface area contributed by atoms with Crippen molar-refractivity contribution in [2.45, 2.75) is 12.8 Å². The SMILES string of the molecule is Nc1cccc(C(=O)NCCN2CCCC2)c1Cl. The van der Waals surface area contributed by atoms with Gasteiger partial charge in [-0.25, -0.2) is 0 Å². The molecule has 0 atom stereocenters. The second kappa shape index (κ2) is 6.07. The van der Waals surface area contributed by atoms with Crippen LogP contribution in [0.1, 0.15) is 23.2 Å². The highest BCUT2D eigenvalue weighted by molar-refractivity contribution is 6.36. The van der Waals surface area contributed by atoms with Gasteiger partial charge >= 0.3 is 0 Å². The molecule has 5 heteroatoms. The van der Waals surface area contributed by atoms with Crippen LogP contribution in [0.5, 0.6) is 0 Å². The third-order valence-corrected chi connectivity index (χ3v) is 3.61. The van der Waals surface area contributed by atoms with Crippen LogP contribution < -0.4 is 11.1 Å². The number of hydrogen-bond acceptors (Lipinski definition) is 3. The van der Waals surface area contributed by atoms with Crippen molar-refractivity contribution in [3.63, 3.8) is 0 Å². The summed E-state index contributed by atoms with van der Waals surface area (Å²) in [5, 5.41) is 3.20. The van der Waals surface area contributed by atoms with Crippen molar-refractivity contribution < 1.29 is 4.79 Å². The Labute approximate surface area is 112 Å². The number of nitrogens with one attached hydrogen (secondary N) is 1. The first-order valence-electron chi connectivity index (χ1n) is 6.23. The molecule has 1 aliphatic rings. The fourth-order valence-corrected chi connectivity index (χ4v) is 2.37. The largest absolute Gasteiger partial charge is 0.398 e. The summed E-state index contributed by atoms with van der Waals surface area (Å²) < 4.78 is 0. The minimum Gasteiger partial charge on any atom is -0.398 e. The van der Waals surface area contributed by atoms with Gasteiger partial charge in [0.25, 0.3) is 5.91 Å². The van der Waals surface area contributed by atoms with Crippen LogP contribution in [0, 0.1) is 0 Å². The number of nitrogen functional groups attached to an aromatic ring is 1. The predicted octanol–water partition coefficient (Wildman–Crippen LogP) is 1.75. The number of likely N-dealkylation sites (tertiary alicyclic amines) is 1. The summed E-state index contributed by atoms with van der Waals surface area (Å²) in [6.45, 7) is 3.81. The van der Waals surface area contributed by atoms with Gasteiger partial charge in [-0.15, -0.1) is 0 Å². The van der Waals surface area contributed by atoms with Crippen molar-refractivity contribution in [3.8, 4) is 0 Å². The second-order valence-corrected chi connectivity index (χ2v) is 4.89. The average Bonchev–Trinajstić information content (AvgIpc) is 2.85. The van der Waals surface area contributed by atoms with E-state index < -0.39 is 0 Å². The molecule has 0 saturated carbocycles. The van der Waals surface area contributed by atoms with Gasteiger partial charge in [-0.3, -0.25) is 4.79 Å². The zero-order valence-electron chi connectivity index (χ0n) is 10.3. The van der Waals surface area contributed by atoms with Crippen LogP contribution in [0.4, 0.5) is 5.69 Å². The van der Waals surface area contributed by atoms with E-state index in [-0.39, 0.29) is 5.91 Å². The normalized spacial score (nSPS) is 15.8. The van der Waals surface area contributed by atoms with E-state index in [4.69, 9.17) is 17.3 Å². The van der Waals surface area contributed by atoms with Crippen molar-refractivity contribution in [2.75, 3.05) is 31.9 Å². The molecule has 1 heterocycles. The smallest absolute Gasteiger partial charge is 0.252 e. The third-order valence-electron chi connectivity index (χ3n) is 3.19. The Balaban J connectivity index is 1.85. The monoisotopic (exact) mass is 267 g/mol. The zero-order chi connectivity index (χ0) is 13.0. The molecule has 3 N–H and O–H groups in total. The number of anilines is 1. The molecule has 1 aromatic carbocycles. The van der Waals surface area contributed by atoms with Gasteiger partial charge in [-0.1, -0.05) is 17.7 Å². The van der Waals surface area contributed by atoms with E-state index in [1.165, 1.54) is 12.8 Å². The maximum absolute atomic E-state index is 11.9. The molecule has 0 bridgehead atoms. The lowest BCUT2D eigenvalue weighted by atomic mass is 10.2. The molecule has 1 aromatic rings. The van der Waals surface area contributed by atoms with Gasteiger partial charge in [-0.05, 0) is 38.1 Å². The lowest BCUT2D eigenvalue weighted by molar-refractivity contribution is 0.0950. The summed E-state index contributed by atoms with van der Waals surface area (Å²) in [5.74, 6) is -0.161. The number of carbonyl (C=O) groups excluding carboxylic acids is 1. The van der Waals surface area contributed by atoms with E-state index in [2.05, 4.69) is 10.2 Å². The van der Waals surface area contributed by atoms with Crippen LogP contribution in [0.25, 0.3) is 0 Å². The van der Waals surface area contributed by atoms with Crippen LogP contribution in [0.15, 0.2) is 18.2 Å². The molecular formula is C13H18ClN3O. The Morgan fingerprint density at radius 3 is 2.83 bits per heavy atom. The molecule has 18 heavy (non-hydrogen) atoms. The van der Waals surface area contributed by atoms with Crippen molar-refractivity contribution in [2.24, 2.45) is 0 Å². The van der Waals surface area contributed by atoms with Gasteiger partial charge in [0, 0.05) is 13.1 Å². The van der Waals surface area contributed by atoms with Crippen LogP contribution >= 0.6 is 11.6 Å². The lowest BCUT2D eigenvalue weighted by Gasteiger charge is -2.15. The standard InChI is InChI=1S/C13H18ClN3O/c14-12-10(4-3-5-11(12)15)13(18)16-6-9-17-7-1-2-8-17/h3-5H,1-2,6-9,15H2,(H,16,18). The minimum absolute atomic E-state index is 0.161. The van der Waals surface area contributed by atoms with Gasteiger partial charge in [0.1, 0.15) is 0 Å². The van der Waals surface area contributed by atoms with Gasteiger partial charge in [0.15, 0.2) is 0 Å². The van der Waals surface area contributed by atoms with E-state index in [1.807, 2.05) is 0 Å². The van der Waals surface area contributed by atoms with Gasteiger partial charge < -0.3 is 16.0 Å². The summed E-state index contributed by atoms with van der Waals surface area (Å²) in [5.41, 5.74) is 6.54. The minimum atomic E-state index is -0.161. The molecule has 0 unspecified atom stereocenters. The number of amides is 1. The van der Waals surface area contributed by atoms with Crippen LogP contribution in [-0.4, -0.2) is 37.0 Å². The summed E-state index contributed by atoms with van der Waals surface area (Å²) in [6, 6.07) is 5.10. The number of halogens is 1. The van der Waals surface area contributed by atoms with Crippen LogP contribution in [0.3, 0.4) is 0 Å². The van der Waals surface area contributed by atoms with Crippen LogP contribution in [0.2, 0.25) is 5.02 Å². The number of rotatable bonds is 4. The number of nitrogens with zero attached hydrogens (tertiary/aromatic N) is 1. The summed E-state index contributed by atoms with van der Waals surface area (Å²) in [6.07, 6.45) is 2.52. The number of nitrogens with two attached hydrogens (primary N) is 1. The van der Waals surface area contributed by atoms with Crippen LogP contribution in [-0.2, 0) is 0 Å². The molecule has 98 valence electrons. The third kappa shape index (κ3) is 3.15. The van der Waals surface area contributed by atoms with E-state index in [9.17, 15) is 4.79 Å². The molecule has 2 rings (SSSR count). The molecule has 0 radical (unpaired) electrons. The fourth-order valence-electron chi connectivity index (χ4n) is 2.15. The Morgan fingerprint density at radius 2 is 2.11 bits per heavy atom. The highest BCUT2D eigenvalue weighted by Gasteiger charge is 2.13. The second-order valence-electron chi connectivity index (χ2n) is 4.51. The molecule has 0 spiro atoms. The molecular weight excluding hydrogens is 250 g/mol. The summed E-state index contributed by atoms with van der Waals surface area (Å²) >= 11 is 6.00. The lowest BCUT2D eigenvalue weighted by Crippen LogP contribution is -2.33. The Bertz CT molecular complexity index is 430. The van der Waals surface area contributed by atoms with Gasteiger partial charge in [0.2, 0.25) is 0 Å². The van der Waals surface area contributed by atoms with E-state index >= 15 is 0 Å². The maximum Gasteiger partial charge on any atom is 0.252 e. The first-order chi connectivity index (χ1) is 8.68. The summed E-state index contributed by atoms with van der Waals surface area (Å²) in [7, 11) is 0. The maximum atomic E-state index is 11.9. The molecule has 0 aliphatic carbocycles. The van der Waals surface area contributed by atoms with Crippen molar-refractivity contribution in [3.05, 3.63) is 28.8 Å². The number of hydrogen-bond donors (Lipinski definition) is 2. The van der Waals surface area contributed by atoms with Gasteiger partial charge in [-0.2, -0.15) is 0 Å². The zero-order valence-corrected chi connectivity index (χ0v) is 11.0. The average molecular weight is 268 g/mol. The number of carbonyl (C=O) groups is 1. The number of benzene rings is 1. The molecule has 0 aromatic heterocycles. The highest BCUT2D eigenvalue weighted by Crippen LogP contribution is 2.22. The first-order valence-corrected chi connectivity index (χ1v) is 6.61. The van der Waals surface area contributed by atoms with Crippen molar-refractivity contribution in [1.82, 2.24) is 10.2 Å². The van der Waals surface area contributed by atoms with Crippen molar-refractivity contribution in [1.29, 1.82) is 0 Å². The Morgan fingerprint density at radius 1 is 1.39 bits per heavy atom. The molecule has 1 fully saturated rings. The fraction of sp³-hybridized carbons (Fsp3) is 0.462. The molecule has 4 nitrogen and oxygen atoms in total. The Kier molecular flexibility index (Phi) is 4.44. The molecule has 1 aliphatic heterocycles. The predicted molar refractivity (Wildman–Crippen MR) is 73.9 cm³/mol. The quantitative estimate of drug-likeness (QED) is 0.817. The summed E-state index contributed by atoms with van der Waals surface area (Å²) in [4.78, 5) is 14.3. The topological polar surface area (TPSA) is 58.4 Å². The van der Waals surface area contributed by atoms with E-state index in [0.717, 1.165) is 19.6 Å². The van der Waals surface area contributed by atoms with E-state index in [0.29, 0.717) is 22.8 Å². The highest BCUT2D eigenvalue weighted by atomic mass is 35.5.